The van der Waals surface area contributed by atoms with Crippen molar-refractivity contribution in [2.75, 3.05) is 33.3 Å². The summed E-state index contributed by atoms with van der Waals surface area (Å²) >= 11 is 0. The van der Waals surface area contributed by atoms with E-state index in [-0.39, 0.29) is 12.5 Å². The van der Waals surface area contributed by atoms with Gasteiger partial charge in [0.25, 0.3) is 0 Å². The summed E-state index contributed by atoms with van der Waals surface area (Å²) in [6, 6.07) is 19.7. The van der Waals surface area contributed by atoms with Gasteiger partial charge in [-0.15, -0.1) is 0 Å². The van der Waals surface area contributed by atoms with Gasteiger partial charge in [0.05, 0.1) is 13.1 Å². The molecule has 0 radical (unpaired) electrons. The van der Waals surface area contributed by atoms with E-state index in [9.17, 15) is 4.79 Å². The molecular formula is C20H26N4O2. The van der Waals surface area contributed by atoms with Gasteiger partial charge in [-0.3, -0.25) is 9.79 Å². The van der Waals surface area contributed by atoms with E-state index in [2.05, 4.69) is 20.9 Å². The first-order valence-corrected chi connectivity index (χ1v) is 8.71. The van der Waals surface area contributed by atoms with Crippen molar-refractivity contribution in [2.45, 2.75) is 6.42 Å². The van der Waals surface area contributed by atoms with Gasteiger partial charge in [0, 0.05) is 13.6 Å². The summed E-state index contributed by atoms with van der Waals surface area (Å²) in [6.07, 6.45) is 0.816. The Bertz CT molecular complexity index is 675. The minimum atomic E-state index is -0.0654. The average Bonchev–Trinajstić information content (AvgIpc) is 2.69. The van der Waals surface area contributed by atoms with E-state index in [0.29, 0.717) is 25.7 Å². The molecular weight excluding hydrogens is 328 g/mol. The maximum atomic E-state index is 11.9. The molecule has 0 saturated carbocycles. The number of aliphatic imine (C=N–C) groups is 1. The monoisotopic (exact) mass is 354 g/mol. The number of rotatable bonds is 9. The quantitative estimate of drug-likeness (QED) is 0.363. The van der Waals surface area contributed by atoms with E-state index in [1.54, 1.807) is 7.05 Å². The number of carbonyl (C=O) groups excluding carboxylic acids is 1. The maximum Gasteiger partial charge on any atom is 0.239 e. The van der Waals surface area contributed by atoms with Gasteiger partial charge in [0.2, 0.25) is 5.91 Å². The molecule has 0 saturated heterocycles. The van der Waals surface area contributed by atoms with Crippen LogP contribution in [0.3, 0.4) is 0 Å². The first-order chi connectivity index (χ1) is 12.8. The van der Waals surface area contributed by atoms with Crippen LogP contribution in [0.1, 0.15) is 5.56 Å². The molecule has 6 nitrogen and oxygen atoms in total. The molecule has 0 aromatic heterocycles. The number of ether oxygens (including phenoxy) is 1. The highest BCUT2D eigenvalue weighted by Crippen LogP contribution is 2.07. The molecule has 0 aliphatic carbocycles. The van der Waals surface area contributed by atoms with Crippen molar-refractivity contribution < 1.29 is 9.53 Å². The number of para-hydroxylation sites is 1. The van der Waals surface area contributed by atoms with Gasteiger partial charge >= 0.3 is 0 Å². The van der Waals surface area contributed by atoms with Crippen LogP contribution in [-0.2, 0) is 11.2 Å². The number of amides is 1. The van der Waals surface area contributed by atoms with Gasteiger partial charge in [-0.05, 0) is 24.1 Å². The minimum absolute atomic E-state index is 0.0654. The summed E-state index contributed by atoms with van der Waals surface area (Å²) in [4.78, 5) is 16.0. The Morgan fingerprint density at radius 3 is 2.31 bits per heavy atom. The maximum absolute atomic E-state index is 11.9. The van der Waals surface area contributed by atoms with Crippen LogP contribution in [0, 0.1) is 0 Å². The molecule has 2 aromatic carbocycles. The Morgan fingerprint density at radius 2 is 1.62 bits per heavy atom. The number of benzene rings is 2. The molecule has 0 heterocycles. The second-order valence-corrected chi connectivity index (χ2v) is 5.60. The fourth-order valence-corrected chi connectivity index (χ4v) is 2.29. The van der Waals surface area contributed by atoms with Crippen LogP contribution in [0.4, 0.5) is 0 Å². The van der Waals surface area contributed by atoms with E-state index in [1.807, 2.05) is 60.7 Å². The zero-order chi connectivity index (χ0) is 18.5. The van der Waals surface area contributed by atoms with Gasteiger partial charge in [0.1, 0.15) is 12.4 Å². The van der Waals surface area contributed by atoms with Crippen molar-refractivity contribution in [3.63, 3.8) is 0 Å². The third-order valence-electron chi connectivity index (χ3n) is 3.63. The highest BCUT2D eigenvalue weighted by atomic mass is 16.5. The number of guanidine groups is 1. The van der Waals surface area contributed by atoms with Gasteiger partial charge in [-0.25, -0.2) is 0 Å². The number of hydrogen-bond donors (Lipinski definition) is 3. The van der Waals surface area contributed by atoms with Gasteiger partial charge in [0.15, 0.2) is 5.96 Å². The summed E-state index contributed by atoms with van der Waals surface area (Å²) in [5.74, 6) is 1.33. The largest absolute Gasteiger partial charge is 0.492 e. The normalized spacial score (nSPS) is 10.9. The van der Waals surface area contributed by atoms with Gasteiger partial charge in [-0.2, -0.15) is 0 Å². The first kappa shape index (κ1) is 19.3. The standard InChI is InChI=1S/C20H26N4O2/c1-21-20(23-14-15-26-18-10-6-3-7-11-18)24-16-19(25)22-13-12-17-8-4-2-5-9-17/h2-11H,12-16H2,1H3,(H,22,25)(H2,21,23,24). The molecule has 0 spiro atoms. The number of nitrogens with one attached hydrogen (secondary N) is 3. The van der Waals surface area contributed by atoms with Crippen molar-refractivity contribution in [1.82, 2.24) is 16.0 Å². The Kier molecular flexibility index (Phi) is 8.55. The summed E-state index contributed by atoms with van der Waals surface area (Å²) in [5, 5.41) is 8.99. The molecule has 0 aliphatic heterocycles. The molecule has 0 unspecified atom stereocenters. The molecule has 0 atom stereocenters. The molecule has 1 amide bonds. The summed E-state index contributed by atoms with van der Waals surface area (Å²) in [5.41, 5.74) is 1.21. The molecule has 138 valence electrons. The third kappa shape index (κ3) is 7.70. The molecule has 2 aromatic rings. The van der Waals surface area contributed by atoms with Crippen LogP contribution in [-0.4, -0.2) is 45.2 Å². The Hall–Kier alpha value is -3.02. The van der Waals surface area contributed by atoms with E-state index in [4.69, 9.17) is 4.74 Å². The molecule has 0 fully saturated rings. The lowest BCUT2D eigenvalue weighted by molar-refractivity contribution is -0.119. The Labute approximate surface area is 154 Å². The van der Waals surface area contributed by atoms with Crippen molar-refractivity contribution in [3.05, 3.63) is 66.2 Å². The van der Waals surface area contributed by atoms with Gasteiger partial charge < -0.3 is 20.7 Å². The van der Waals surface area contributed by atoms with Crippen LogP contribution in [0.25, 0.3) is 0 Å². The smallest absolute Gasteiger partial charge is 0.239 e. The van der Waals surface area contributed by atoms with Crippen molar-refractivity contribution in [2.24, 2.45) is 4.99 Å². The topological polar surface area (TPSA) is 74.8 Å². The van der Waals surface area contributed by atoms with Crippen molar-refractivity contribution in [3.8, 4) is 5.75 Å². The lowest BCUT2D eigenvalue weighted by Gasteiger charge is -2.12. The summed E-state index contributed by atoms with van der Waals surface area (Å²) in [6.45, 7) is 1.88. The molecule has 0 bridgehead atoms. The molecule has 2 rings (SSSR count). The minimum Gasteiger partial charge on any atom is -0.492 e. The van der Waals surface area contributed by atoms with Crippen LogP contribution in [0.2, 0.25) is 0 Å². The highest BCUT2D eigenvalue weighted by Gasteiger charge is 2.03. The SMILES string of the molecule is CN=C(NCCOc1ccccc1)NCC(=O)NCCc1ccccc1. The zero-order valence-corrected chi connectivity index (χ0v) is 15.1. The van der Waals surface area contributed by atoms with Crippen LogP contribution < -0.4 is 20.7 Å². The lowest BCUT2D eigenvalue weighted by Crippen LogP contribution is -2.44. The van der Waals surface area contributed by atoms with Crippen LogP contribution in [0.5, 0.6) is 5.75 Å². The highest BCUT2D eigenvalue weighted by molar-refractivity contribution is 5.86. The van der Waals surface area contributed by atoms with Gasteiger partial charge in [-0.1, -0.05) is 48.5 Å². The number of hydrogen-bond acceptors (Lipinski definition) is 3. The summed E-state index contributed by atoms with van der Waals surface area (Å²) in [7, 11) is 1.67. The first-order valence-electron chi connectivity index (χ1n) is 8.71. The second kappa shape index (κ2) is 11.5. The molecule has 6 heteroatoms. The van der Waals surface area contributed by atoms with Crippen LogP contribution >= 0.6 is 0 Å². The van der Waals surface area contributed by atoms with E-state index in [0.717, 1.165) is 12.2 Å². The number of carbonyl (C=O) groups is 1. The average molecular weight is 354 g/mol. The molecule has 0 aliphatic rings. The number of nitrogens with zero attached hydrogens (tertiary/aromatic N) is 1. The van der Waals surface area contributed by atoms with Crippen molar-refractivity contribution in [1.29, 1.82) is 0 Å². The van der Waals surface area contributed by atoms with Crippen molar-refractivity contribution >= 4 is 11.9 Å². The second-order valence-electron chi connectivity index (χ2n) is 5.60. The predicted molar refractivity (Wildman–Crippen MR) is 104 cm³/mol. The molecule has 3 N–H and O–H groups in total. The van der Waals surface area contributed by atoms with Crippen LogP contribution in [0.15, 0.2) is 65.7 Å². The Morgan fingerprint density at radius 1 is 0.923 bits per heavy atom. The fraction of sp³-hybridized carbons (Fsp3) is 0.300. The van der Waals surface area contributed by atoms with E-state index < -0.39 is 0 Å². The lowest BCUT2D eigenvalue weighted by atomic mass is 10.1. The van der Waals surface area contributed by atoms with E-state index >= 15 is 0 Å². The zero-order valence-electron chi connectivity index (χ0n) is 15.1. The fourth-order valence-electron chi connectivity index (χ4n) is 2.29. The Balaban J connectivity index is 1.56. The predicted octanol–water partition coefficient (Wildman–Crippen LogP) is 1.59. The van der Waals surface area contributed by atoms with E-state index in [1.165, 1.54) is 5.56 Å². The molecule has 26 heavy (non-hydrogen) atoms. The summed E-state index contributed by atoms with van der Waals surface area (Å²) < 4.78 is 5.60. The third-order valence-corrected chi connectivity index (χ3v) is 3.63.